The highest BCUT2D eigenvalue weighted by Gasteiger charge is 2.14. The number of hydrogen-bond acceptors (Lipinski definition) is 6. The molecule has 152 valence electrons. The van der Waals surface area contributed by atoms with Gasteiger partial charge in [-0.3, -0.25) is 9.59 Å². The molecule has 3 rings (SSSR count). The van der Waals surface area contributed by atoms with Crippen LogP contribution >= 0.6 is 11.3 Å². The highest BCUT2D eigenvalue weighted by Crippen LogP contribution is 2.21. The molecule has 3 aromatic rings. The molecule has 29 heavy (non-hydrogen) atoms. The Morgan fingerprint density at radius 3 is 2.55 bits per heavy atom. The van der Waals surface area contributed by atoms with Gasteiger partial charge in [-0.05, 0) is 41.8 Å². The molecular formula is C19H20N4O4S2. The van der Waals surface area contributed by atoms with E-state index in [1.54, 1.807) is 13.0 Å². The maximum Gasteiger partial charge on any atom is 0.266 e. The van der Waals surface area contributed by atoms with Crippen LogP contribution in [0.4, 0.5) is 5.69 Å². The van der Waals surface area contributed by atoms with Crippen molar-refractivity contribution in [2.45, 2.75) is 24.8 Å². The van der Waals surface area contributed by atoms with E-state index in [0.717, 1.165) is 4.88 Å². The first-order valence-corrected chi connectivity index (χ1v) is 11.3. The number of sulfonamides is 1. The third-order valence-corrected chi connectivity index (χ3v) is 6.39. The van der Waals surface area contributed by atoms with Crippen molar-refractivity contribution in [2.24, 2.45) is 0 Å². The molecule has 2 heterocycles. The number of carbonyl (C=O) groups is 1. The molecular weight excluding hydrogens is 412 g/mol. The quantitative estimate of drug-likeness (QED) is 0.568. The van der Waals surface area contributed by atoms with Gasteiger partial charge in [0.2, 0.25) is 15.9 Å². The Hall–Kier alpha value is -2.82. The minimum Gasteiger partial charge on any atom is -0.326 e. The van der Waals surface area contributed by atoms with Crippen molar-refractivity contribution >= 4 is 33.0 Å². The second kappa shape index (κ2) is 9.12. The SMILES string of the molecule is CCC(=O)Nc1ccc(S(=O)(=O)NCCn2nc(-c3cccs3)ccc2=O)cc1. The van der Waals surface area contributed by atoms with E-state index in [0.29, 0.717) is 17.8 Å². The summed E-state index contributed by atoms with van der Waals surface area (Å²) in [4.78, 5) is 24.4. The van der Waals surface area contributed by atoms with E-state index in [1.807, 2.05) is 17.5 Å². The van der Waals surface area contributed by atoms with Gasteiger partial charge in [0.15, 0.2) is 0 Å². The Balaban J connectivity index is 1.64. The molecule has 0 saturated carbocycles. The maximum absolute atomic E-state index is 12.4. The van der Waals surface area contributed by atoms with Crippen molar-refractivity contribution in [2.75, 3.05) is 11.9 Å². The fourth-order valence-corrected chi connectivity index (χ4v) is 4.21. The largest absolute Gasteiger partial charge is 0.326 e. The average Bonchev–Trinajstić information content (AvgIpc) is 3.24. The van der Waals surface area contributed by atoms with Gasteiger partial charge in [0.05, 0.1) is 16.3 Å². The number of anilines is 1. The summed E-state index contributed by atoms with van der Waals surface area (Å²) >= 11 is 1.51. The van der Waals surface area contributed by atoms with Gasteiger partial charge in [-0.1, -0.05) is 13.0 Å². The van der Waals surface area contributed by atoms with Gasteiger partial charge in [0.25, 0.3) is 5.56 Å². The molecule has 0 spiro atoms. The molecule has 0 bridgehead atoms. The Kier molecular flexibility index (Phi) is 6.57. The van der Waals surface area contributed by atoms with Crippen LogP contribution in [0.1, 0.15) is 13.3 Å². The molecule has 0 aliphatic rings. The van der Waals surface area contributed by atoms with Crippen molar-refractivity contribution in [1.82, 2.24) is 14.5 Å². The van der Waals surface area contributed by atoms with E-state index in [4.69, 9.17) is 0 Å². The summed E-state index contributed by atoms with van der Waals surface area (Å²) in [7, 11) is -3.75. The van der Waals surface area contributed by atoms with E-state index >= 15 is 0 Å². The van der Waals surface area contributed by atoms with Gasteiger partial charge in [-0.25, -0.2) is 17.8 Å². The number of nitrogens with one attached hydrogen (secondary N) is 2. The van der Waals surface area contributed by atoms with Crippen LogP contribution in [0.3, 0.4) is 0 Å². The Bertz CT molecular complexity index is 1140. The zero-order chi connectivity index (χ0) is 20.9. The molecule has 2 N–H and O–H groups in total. The first kappa shape index (κ1) is 20.9. The third-order valence-electron chi connectivity index (χ3n) is 4.03. The second-order valence-electron chi connectivity index (χ2n) is 6.08. The maximum atomic E-state index is 12.4. The second-order valence-corrected chi connectivity index (χ2v) is 8.80. The number of thiophene rings is 1. The lowest BCUT2D eigenvalue weighted by atomic mass is 10.3. The van der Waals surface area contributed by atoms with Crippen molar-refractivity contribution in [3.63, 3.8) is 0 Å². The highest BCUT2D eigenvalue weighted by atomic mass is 32.2. The Morgan fingerprint density at radius 2 is 1.90 bits per heavy atom. The number of nitrogens with zero attached hydrogens (tertiary/aromatic N) is 2. The van der Waals surface area contributed by atoms with Crippen LogP contribution in [0.5, 0.6) is 0 Å². The van der Waals surface area contributed by atoms with Crippen LogP contribution in [0.2, 0.25) is 0 Å². The van der Waals surface area contributed by atoms with Gasteiger partial charge in [0.1, 0.15) is 5.69 Å². The molecule has 0 atom stereocenters. The fraction of sp³-hybridized carbons (Fsp3) is 0.211. The molecule has 10 heteroatoms. The van der Waals surface area contributed by atoms with Crippen LogP contribution < -0.4 is 15.6 Å². The molecule has 0 radical (unpaired) electrons. The Morgan fingerprint density at radius 1 is 1.14 bits per heavy atom. The van der Waals surface area contributed by atoms with Gasteiger partial charge in [0, 0.05) is 24.7 Å². The summed E-state index contributed by atoms with van der Waals surface area (Å²) in [6, 6.07) is 12.7. The molecule has 1 aromatic carbocycles. The predicted molar refractivity (Wildman–Crippen MR) is 112 cm³/mol. The van der Waals surface area contributed by atoms with Gasteiger partial charge >= 0.3 is 0 Å². The molecule has 2 aromatic heterocycles. The monoisotopic (exact) mass is 432 g/mol. The van der Waals surface area contributed by atoms with Crippen LogP contribution in [0.15, 0.2) is 63.6 Å². The normalized spacial score (nSPS) is 11.3. The van der Waals surface area contributed by atoms with Crippen LogP contribution in [-0.2, 0) is 21.4 Å². The smallest absolute Gasteiger partial charge is 0.266 e. The third kappa shape index (κ3) is 5.37. The molecule has 8 nitrogen and oxygen atoms in total. The number of hydrogen-bond donors (Lipinski definition) is 2. The zero-order valence-electron chi connectivity index (χ0n) is 15.7. The molecule has 0 fully saturated rings. The van der Waals surface area contributed by atoms with Gasteiger partial charge in [-0.15, -0.1) is 11.3 Å². The fourth-order valence-electron chi connectivity index (χ4n) is 2.50. The van der Waals surface area contributed by atoms with Crippen molar-refractivity contribution in [3.05, 3.63) is 64.3 Å². The predicted octanol–water partition coefficient (Wildman–Crippen LogP) is 2.30. The van der Waals surface area contributed by atoms with Crippen LogP contribution in [0, 0.1) is 0 Å². The lowest BCUT2D eigenvalue weighted by Gasteiger charge is -2.09. The summed E-state index contributed by atoms with van der Waals surface area (Å²) < 4.78 is 28.6. The van der Waals surface area contributed by atoms with Crippen molar-refractivity contribution in [1.29, 1.82) is 0 Å². The number of carbonyl (C=O) groups excluding carboxylic acids is 1. The molecule has 0 saturated heterocycles. The van der Waals surface area contributed by atoms with E-state index in [-0.39, 0.29) is 29.5 Å². The van der Waals surface area contributed by atoms with E-state index in [2.05, 4.69) is 15.1 Å². The first-order chi connectivity index (χ1) is 13.9. The summed E-state index contributed by atoms with van der Waals surface area (Å²) in [6.07, 6.45) is 0.336. The average molecular weight is 433 g/mol. The summed E-state index contributed by atoms with van der Waals surface area (Å²) in [5, 5.41) is 8.87. The molecule has 0 aliphatic heterocycles. The number of rotatable bonds is 8. The number of benzene rings is 1. The summed E-state index contributed by atoms with van der Waals surface area (Å²) in [6.45, 7) is 1.84. The topological polar surface area (TPSA) is 110 Å². The molecule has 1 amide bonds. The van der Waals surface area contributed by atoms with Crippen molar-refractivity contribution in [3.8, 4) is 10.6 Å². The minimum atomic E-state index is -3.75. The van der Waals surface area contributed by atoms with E-state index in [1.165, 1.54) is 46.4 Å². The molecule has 0 unspecified atom stereocenters. The van der Waals surface area contributed by atoms with E-state index < -0.39 is 10.0 Å². The number of amides is 1. The lowest BCUT2D eigenvalue weighted by molar-refractivity contribution is -0.115. The standard InChI is InChI=1S/C19H20N4O4S2/c1-2-18(24)21-14-5-7-15(8-6-14)29(26,27)20-11-12-23-19(25)10-9-16(22-23)17-4-3-13-28-17/h3-10,13,20H,2,11-12H2,1H3,(H,21,24). The minimum absolute atomic E-state index is 0.0114. The van der Waals surface area contributed by atoms with Crippen LogP contribution in [0.25, 0.3) is 10.6 Å². The number of aromatic nitrogens is 2. The molecule has 0 aliphatic carbocycles. The first-order valence-electron chi connectivity index (χ1n) is 8.90. The van der Waals surface area contributed by atoms with Gasteiger partial charge in [-0.2, -0.15) is 5.10 Å². The van der Waals surface area contributed by atoms with E-state index in [9.17, 15) is 18.0 Å². The van der Waals surface area contributed by atoms with Crippen molar-refractivity contribution < 1.29 is 13.2 Å². The summed E-state index contributed by atoms with van der Waals surface area (Å²) in [5.41, 5.74) is 0.879. The lowest BCUT2D eigenvalue weighted by Crippen LogP contribution is -2.32. The Labute approximate surface area is 172 Å². The highest BCUT2D eigenvalue weighted by molar-refractivity contribution is 7.89. The van der Waals surface area contributed by atoms with Crippen LogP contribution in [-0.4, -0.2) is 30.7 Å². The zero-order valence-corrected chi connectivity index (χ0v) is 17.3. The summed E-state index contributed by atoms with van der Waals surface area (Å²) in [5.74, 6) is -0.151. The van der Waals surface area contributed by atoms with Gasteiger partial charge < -0.3 is 5.32 Å².